The van der Waals surface area contributed by atoms with Crippen LogP contribution in [-0.2, 0) is 11.3 Å². The van der Waals surface area contributed by atoms with E-state index in [1.807, 2.05) is 24.3 Å². The van der Waals surface area contributed by atoms with Gasteiger partial charge in [-0.15, -0.1) is 0 Å². The predicted octanol–water partition coefficient (Wildman–Crippen LogP) is 5.47. The zero-order valence-electron chi connectivity index (χ0n) is 24.6. The van der Waals surface area contributed by atoms with Crippen LogP contribution in [0, 0.1) is 0 Å². The molecule has 0 bridgehead atoms. The minimum Gasteiger partial charge on any atom is -0.508 e. The quantitative estimate of drug-likeness (QED) is 0.311. The Hall–Kier alpha value is -4.82. The number of carbonyl (C=O) groups excluding carboxylic acids is 2. The maximum absolute atomic E-state index is 12.3. The number of anilines is 2. The third-order valence-corrected chi connectivity index (χ3v) is 9.05. The summed E-state index contributed by atoms with van der Waals surface area (Å²) in [7, 11) is 0. The number of imide groups is 1. The summed E-state index contributed by atoms with van der Waals surface area (Å²) in [5.74, 6) is 1.05. The van der Waals surface area contributed by atoms with Crippen LogP contribution in [0.3, 0.4) is 0 Å². The Morgan fingerprint density at radius 1 is 0.773 bits per heavy atom. The Kier molecular flexibility index (Phi) is 7.66. The van der Waals surface area contributed by atoms with Crippen molar-refractivity contribution in [3.05, 3.63) is 119 Å². The van der Waals surface area contributed by atoms with Crippen LogP contribution in [0.25, 0.3) is 0 Å². The van der Waals surface area contributed by atoms with E-state index in [0.717, 1.165) is 55.3 Å². The standard InChI is InChI=1S/C36H36N4O4/c41-30-13-14-31-33(22-30)44-24-32(26-6-2-1-3-7-26)35(31)27-9-11-28(12-10-27)39-19-17-38(18-20-39)23-25-5-4-8-29(21-25)40-16-15-34(42)37-36(40)43/h1-14,21-22,32,35,41H,15-20,23-24H2,(H,37,42,43)/t32-,35-/m1/s1. The normalized spacial score (nSPS) is 20.5. The highest BCUT2D eigenvalue weighted by Gasteiger charge is 2.34. The van der Waals surface area contributed by atoms with Gasteiger partial charge in [0.1, 0.15) is 11.5 Å². The van der Waals surface area contributed by atoms with Crippen molar-refractivity contribution in [3.63, 3.8) is 0 Å². The first kappa shape index (κ1) is 28.0. The van der Waals surface area contributed by atoms with E-state index in [1.54, 1.807) is 17.0 Å². The first-order valence-corrected chi connectivity index (χ1v) is 15.3. The Bertz CT molecular complexity index is 1650. The van der Waals surface area contributed by atoms with Crippen molar-refractivity contribution in [1.82, 2.24) is 10.2 Å². The van der Waals surface area contributed by atoms with Crippen LogP contribution in [0.1, 0.15) is 40.5 Å². The van der Waals surface area contributed by atoms with Gasteiger partial charge in [-0.1, -0.05) is 60.7 Å². The van der Waals surface area contributed by atoms with Crippen LogP contribution in [-0.4, -0.2) is 61.3 Å². The van der Waals surface area contributed by atoms with Gasteiger partial charge < -0.3 is 14.7 Å². The molecule has 0 unspecified atom stereocenters. The monoisotopic (exact) mass is 588 g/mol. The highest BCUT2D eigenvalue weighted by molar-refractivity contribution is 6.05. The number of ether oxygens (including phenoxy) is 1. The third-order valence-electron chi connectivity index (χ3n) is 9.05. The van der Waals surface area contributed by atoms with Gasteiger partial charge in [0.15, 0.2) is 0 Å². The van der Waals surface area contributed by atoms with Crippen LogP contribution in [0.2, 0.25) is 0 Å². The minimum atomic E-state index is -0.353. The number of amides is 3. The van der Waals surface area contributed by atoms with E-state index in [-0.39, 0.29) is 29.5 Å². The third kappa shape index (κ3) is 5.73. The Morgan fingerprint density at radius 2 is 1.57 bits per heavy atom. The fourth-order valence-corrected chi connectivity index (χ4v) is 6.75. The summed E-state index contributed by atoms with van der Waals surface area (Å²) in [5, 5.41) is 12.5. The van der Waals surface area contributed by atoms with E-state index in [4.69, 9.17) is 4.74 Å². The summed E-state index contributed by atoms with van der Waals surface area (Å²) >= 11 is 0. The van der Waals surface area contributed by atoms with Gasteiger partial charge in [0, 0.05) is 80.5 Å². The van der Waals surface area contributed by atoms with E-state index < -0.39 is 0 Å². The number of aromatic hydroxyl groups is 1. The lowest BCUT2D eigenvalue weighted by molar-refractivity contribution is -0.120. The lowest BCUT2D eigenvalue weighted by Crippen LogP contribution is -2.49. The molecule has 2 saturated heterocycles. The fourth-order valence-electron chi connectivity index (χ4n) is 6.75. The molecule has 4 aromatic rings. The average molecular weight is 589 g/mol. The number of phenolic OH excluding ortho intramolecular Hbond substituents is 1. The van der Waals surface area contributed by atoms with Gasteiger partial charge in [0.05, 0.1) is 6.61 Å². The van der Waals surface area contributed by atoms with E-state index in [9.17, 15) is 14.7 Å². The van der Waals surface area contributed by atoms with Gasteiger partial charge in [0.2, 0.25) is 5.91 Å². The molecule has 2 atom stereocenters. The van der Waals surface area contributed by atoms with Crippen molar-refractivity contribution in [2.75, 3.05) is 49.1 Å². The summed E-state index contributed by atoms with van der Waals surface area (Å²) in [4.78, 5) is 30.4. The number of nitrogens with one attached hydrogen (secondary N) is 1. The van der Waals surface area contributed by atoms with Gasteiger partial charge in [-0.25, -0.2) is 4.79 Å². The number of benzene rings is 4. The predicted molar refractivity (Wildman–Crippen MR) is 171 cm³/mol. The number of rotatable bonds is 6. The SMILES string of the molecule is O=C1CCN(c2cccc(CN3CCN(c4ccc([C@@H]5c6ccc(O)cc6OC[C@@H]5c5ccccc5)cc4)CC3)c2)C(=O)N1. The van der Waals surface area contributed by atoms with E-state index in [0.29, 0.717) is 19.6 Å². The maximum Gasteiger partial charge on any atom is 0.328 e. The largest absolute Gasteiger partial charge is 0.508 e. The fraction of sp³-hybridized carbons (Fsp3) is 0.278. The van der Waals surface area contributed by atoms with Gasteiger partial charge in [-0.3, -0.25) is 19.9 Å². The molecule has 2 N–H and O–H groups in total. The molecular formula is C36H36N4O4. The van der Waals surface area contributed by atoms with Gasteiger partial charge in [0.25, 0.3) is 0 Å². The van der Waals surface area contributed by atoms with Gasteiger partial charge >= 0.3 is 6.03 Å². The molecule has 0 saturated carbocycles. The van der Waals surface area contributed by atoms with E-state index in [1.165, 1.54) is 16.8 Å². The van der Waals surface area contributed by atoms with Gasteiger partial charge in [-0.2, -0.15) is 0 Å². The van der Waals surface area contributed by atoms with Gasteiger partial charge in [-0.05, 0) is 47.0 Å². The number of urea groups is 1. The molecule has 7 rings (SSSR count). The molecule has 3 heterocycles. The molecule has 44 heavy (non-hydrogen) atoms. The van der Waals surface area contributed by atoms with Crippen LogP contribution >= 0.6 is 0 Å². The second-order valence-corrected chi connectivity index (χ2v) is 11.8. The topological polar surface area (TPSA) is 85.4 Å². The van der Waals surface area contributed by atoms with Crippen molar-refractivity contribution in [2.45, 2.75) is 24.8 Å². The van der Waals surface area contributed by atoms with Crippen molar-refractivity contribution >= 4 is 23.3 Å². The number of carbonyl (C=O) groups is 2. The molecule has 0 spiro atoms. The Labute approximate surface area is 257 Å². The summed E-state index contributed by atoms with van der Waals surface area (Å²) in [5.41, 5.74) is 6.78. The summed E-state index contributed by atoms with van der Waals surface area (Å²) in [6, 6.07) is 32.7. The molecule has 0 aromatic heterocycles. The van der Waals surface area contributed by atoms with Crippen molar-refractivity contribution in [2.24, 2.45) is 0 Å². The van der Waals surface area contributed by atoms with Crippen LogP contribution < -0.4 is 19.9 Å². The molecule has 3 aliphatic heterocycles. The minimum absolute atomic E-state index is 0.125. The lowest BCUT2D eigenvalue weighted by Gasteiger charge is -2.37. The molecule has 3 amide bonds. The number of fused-ring (bicyclic) bond motifs is 1. The Balaban J connectivity index is 1.02. The summed E-state index contributed by atoms with van der Waals surface area (Å²) in [6.07, 6.45) is 0.319. The number of piperazine rings is 1. The molecule has 2 fully saturated rings. The number of hydrogen-bond donors (Lipinski definition) is 2. The zero-order valence-corrected chi connectivity index (χ0v) is 24.6. The molecular weight excluding hydrogens is 552 g/mol. The second-order valence-electron chi connectivity index (χ2n) is 11.8. The average Bonchev–Trinajstić information content (AvgIpc) is 3.05. The lowest BCUT2D eigenvalue weighted by atomic mass is 9.76. The highest BCUT2D eigenvalue weighted by Crippen LogP contribution is 2.47. The van der Waals surface area contributed by atoms with Crippen molar-refractivity contribution in [1.29, 1.82) is 0 Å². The molecule has 0 aliphatic carbocycles. The molecule has 8 nitrogen and oxygen atoms in total. The molecule has 4 aromatic carbocycles. The highest BCUT2D eigenvalue weighted by atomic mass is 16.5. The van der Waals surface area contributed by atoms with Crippen molar-refractivity contribution in [3.8, 4) is 11.5 Å². The van der Waals surface area contributed by atoms with Crippen molar-refractivity contribution < 1.29 is 19.4 Å². The number of nitrogens with zero attached hydrogens (tertiary/aromatic N) is 3. The smallest absolute Gasteiger partial charge is 0.328 e. The number of hydrogen-bond acceptors (Lipinski definition) is 6. The second kappa shape index (κ2) is 12.1. The van der Waals surface area contributed by atoms with E-state index in [2.05, 4.69) is 75.8 Å². The van der Waals surface area contributed by atoms with Crippen LogP contribution in [0.5, 0.6) is 11.5 Å². The van der Waals surface area contributed by atoms with E-state index >= 15 is 0 Å². The van der Waals surface area contributed by atoms with Crippen LogP contribution in [0.15, 0.2) is 97.1 Å². The Morgan fingerprint density at radius 3 is 2.34 bits per heavy atom. The molecule has 8 heteroatoms. The molecule has 224 valence electrons. The maximum atomic E-state index is 12.3. The first-order valence-electron chi connectivity index (χ1n) is 15.3. The summed E-state index contributed by atoms with van der Waals surface area (Å²) < 4.78 is 6.14. The zero-order chi connectivity index (χ0) is 30.0. The molecule has 0 radical (unpaired) electrons. The van der Waals surface area contributed by atoms with Crippen LogP contribution in [0.4, 0.5) is 16.2 Å². The molecule has 3 aliphatic rings. The summed E-state index contributed by atoms with van der Waals surface area (Å²) in [6.45, 7) is 5.53. The number of phenols is 1. The first-order chi connectivity index (χ1) is 21.5.